The minimum absolute atomic E-state index is 0.386. The topological polar surface area (TPSA) is 128 Å². The zero-order valence-electron chi connectivity index (χ0n) is 16.6. The molecule has 9 nitrogen and oxygen atoms in total. The van der Waals surface area contributed by atoms with Gasteiger partial charge in [-0.25, -0.2) is 15.1 Å². The van der Waals surface area contributed by atoms with Gasteiger partial charge in [0.1, 0.15) is 12.1 Å². The van der Waals surface area contributed by atoms with E-state index in [0.29, 0.717) is 28.5 Å². The van der Waals surface area contributed by atoms with Gasteiger partial charge in [0.25, 0.3) is 10.2 Å². The molecule has 0 unspecified atom stereocenters. The number of hydrogen-bond acceptors (Lipinski definition) is 7. The molecular weight excluding hydrogens is 394 g/mol. The molecule has 3 aromatic rings. The first-order chi connectivity index (χ1) is 13.6. The number of hydrogen-bond donors (Lipinski definition) is 3. The van der Waals surface area contributed by atoms with E-state index in [1.807, 2.05) is 32.0 Å². The Morgan fingerprint density at radius 1 is 1.00 bits per heavy atom. The van der Waals surface area contributed by atoms with Crippen molar-refractivity contribution in [2.24, 2.45) is 5.14 Å². The number of methoxy groups -OCH3 is 2. The summed E-state index contributed by atoms with van der Waals surface area (Å²) >= 11 is 0. The smallest absolute Gasteiger partial charge is 0.296 e. The number of rotatable bonds is 7. The lowest BCUT2D eigenvalue weighted by atomic mass is 9.94. The minimum atomic E-state index is -3.82. The zero-order chi connectivity index (χ0) is 21.2. The summed E-state index contributed by atoms with van der Waals surface area (Å²) < 4.78 is 35.3. The Kier molecular flexibility index (Phi) is 5.49. The predicted molar refractivity (Wildman–Crippen MR) is 112 cm³/mol. The van der Waals surface area contributed by atoms with Crippen LogP contribution in [0.3, 0.4) is 0 Å². The predicted octanol–water partition coefficient (Wildman–Crippen LogP) is 2.61. The van der Waals surface area contributed by atoms with Crippen molar-refractivity contribution in [2.75, 3.05) is 24.3 Å². The van der Waals surface area contributed by atoms with Crippen molar-refractivity contribution in [1.29, 1.82) is 0 Å². The number of anilines is 2. The van der Waals surface area contributed by atoms with E-state index in [-0.39, 0.29) is 0 Å². The fourth-order valence-corrected chi connectivity index (χ4v) is 3.43. The number of nitrogens with zero attached hydrogens (tertiary/aromatic N) is 2. The molecule has 0 bridgehead atoms. The van der Waals surface area contributed by atoms with E-state index in [2.05, 4.69) is 20.0 Å². The van der Waals surface area contributed by atoms with Gasteiger partial charge in [0.2, 0.25) is 0 Å². The highest BCUT2D eigenvalue weighted by atomic mass is 32.2. The van der Waals surface area contributed by atoms with Crippen molar-refractivity contribution in [2.45, 2.75) is 19.4 Å². The van der Waals surface area contributed by atoms with Crippen LogP contribution in [0.2, 0.25) is 0 Å². The first-order valence-electron chi connectivity index (χ1n) is 8.69. The highest BCUT2D eigenvalue weighted by molar-refractivity contribution is 7.90. The van der Waals surface area contributed by atoms with Crippen LogP contribution < -0.4 is 24.7 Å². The zero-order valence-corrected chi connectivity index (χ0v) is 17.4. The molecule has 0 saturated heterocycles. The van der Waals surface area contributed by atoms with Crippen molar-refractivity contribution in [1.82, 2.24) is 9.97 Å². The summed E-state index contributed by atoms with van der Waals surface area (Å²) in [5.41, 5.74) is 1.50. The number of fused-ring (bicyclic) bond motifs is 1. The van der Waals surface area contributed by atoms with E-state index in [9.17, 15) is 8.42 Å². The van der Waals surface area contributed by atoms with E-state index >= 15 is 0 Å². The number of nitrogens with one attached hydrogen (secondary N) is 2. The molecular formula is C19H23N5O4S. The van der Waals surface area contributed by atoms with Gasteiger partial charge in [-0.05, 0) is 37.6 Å². The molecule has 4 N–H and O–H groups in total. The molecule has 3 rings (SSSR count). The van der Waals surface area contributed by atoms with Gasteiger partial charge >= 0.3 is 0 Å². The molecule has 0 fully saturated rings. The van der Waals surface area contributed by atoms with Crippen LogP contribution in [0.15, 0.2) is 42.7 Å². The Labute approximate surface area is 169 Å². The van der Waals surface area contributed by atoms with Crippen molar-refractivity contribution < 1.29 is 17.9 Å². The van der Waals surface area contributed by atoms with Gasteiger partial charge in [0.05, 0.1) is 25.3 Å². The van der Waals surface area contributed by atoms with Crippen LogP contribution in [0.5, 0.6) is 11.5 Å². The third kappa shape index (κ3) is 4.66. The van der Waals surface area contributed by atoms with Gasteiger partial charge in [0.15, 0.2) is 11.5 Å². The van der Waals surface area contributed by atoms with E-state index in [0.717, 1.165) is 10.9 Å². The average Bonchev–Trinajstić information content (AvgIpc) is 2.66. The van der Waals surface area contributed by atoms with Crippen molar-refractivity contribution in [3.05, 3.63) is 48.3 Å². The fraction of sp³-hybridized carbons (Fsp3) is 0.263. The molecule has 1 heterocycles. The number of benzene rings is 2. The van der Waals surface area contributed by atoms with Crippen molar-refractivity contribution >= 4 is 32.6 Å². The second-order valence-electron chi connectivity index (χ2n) is 6.92. The minimum Gasteiger partial charge on any atom is -0.493 e. The molecule has 0 aliphatic carbocycles. The van der Waals surface area contributed by atoms with Gasteiger partial charge in [-0.1, -0.05) is 12.1 Å². The first kappa shape index (κ1) is 20.6. The molecule has 1 aromatic heterocycles. The van der Waals surface area contributed by atoms with Crippen LogP contribution in [0, 0.1) is 0 Å². The van der Waals surface area contributed by atoms with Crippen LogP contribution in [0.1, 0.15) is 19.4 Å². The van der Waals surface area contributed by atoms with Crippen LogP contribution in [-0.2, 0) is 15.7 Å². The lowest BCUT2D eigenvalue weighted by molar-refractivity contribution is 0.356. The summed E-state index contributed by atoms with van der Waals surface area (Å²) in [6, 6.07) is 10.5. The molecule has 29 heavy (non-hydrogen) atoms. The fourth-order valence-electron chi connectivity index (χ4n) is 2.97. The Bertz CT molecular complexity index is 1130. The quantitative estimate of drug-likeness (QED) is 0.539. The monoisotopic (exact) mass is 417 g/mol. The highest BCUT2D eigenvalue weighted by Gasteiger charge is 2.22. The maximum absolute atomic E-state index is 11.2. The van der Waals surface area contributed by atoms with Crippen LogP contribution in [0.25, 0.3) is 10.9 Å². The molecule has 0 amide bonds. The van der Waals surface area contributed by atoms with E-state index in [1.165, 1.54) is 6.33 Å². The Morgan fingerprint density at radius 3 is 2.21 bits per heavy atom. The van der Waals surface area contributed by atoms with Crippen molar-refractivity contribution in [3.63, 3.8) is 0 Å². The summed E-state index contributed by atoms with van der Waals surface area (Å²) in [7, 11) is -0.673. The second kappa shape index (κ2) is 7.72. The summed E-state index contributed by atoms with van der Waals surface area (Å²) in [5, 5.41) is 9.21. The van der Waals surface area contributed by atoms with Crippen molar-refractivity contribution in [3.8, 4) is 11.5 Å². The van der Waals surface area contributed by atoms with Gasteiger partial charge in [-0.15, -0.1) is 0 Å². The van der Waals surface area contributed by atoms with E-state index < -0.39 is 15.7 Å². The van der Waals surface area contributed by atoms with Crippen LogP contribution in [-0.4, -0.2) is 32.6 Å². The largest absolute Gasteiger partial charge is 0.493 e. The Balaban J connectivity index is 1.94. The third-order valence-corrected chi connectivity index (χ3v) is 4.96. The van der Waals surface area contributed by atoms with E-state index in [4.69, 9.17) is 14.6 Å². The number of aromatic nitrogens is 2. The molecule has 10 heteroatoms. The normalized spacial score (nSPS) is 11.9. The molecule has 0 spiro atoms. The molecule has 0 aliphatic heterocycles. The summed E-state index contributed by atoms with van der Waals surface area (Å²) in [6.45, 7) is 3.98. The molecule has 2 aromatic carbocycles. The molecule has 0 saturated carbocycles. The highest BCUT2D eigenvalue weighted by Crippen LogP contribution is 2.35. The average molecular weight is 417 g/mol. The standard InChI is InChI=1S/C19H23N5O4S/c1-19(2,12-5-7-13(8-6-12)24-29(20,25)26)23-18-14-9-16(27-3)17(28-4)10-15(14)21-11-22-18/h5-11,24H,1-4H3,(H2,20,25,26)(H,21,22,23). The molecule has 154 valence electrons. The summed E-state index contributed by atoms with van der Waals surface area (Å²) in [4.78, 5) is 8.70. The first-order valence-corrected chi connectivity index (χ1v) is 10.2. The molecule has 0 aliphatic rings. The van der Waals surface area contributed by atoms with Crippen LogP contribution in [0.4, 0.5) is 11.5 Å². The lowest BCUT2D eigenvalue weighted by Crippen LogP contribution is -2.28. The maximum atomic E-state index is 11.2. The van der Waals surface area contributed by atoms with Gasteiger partial charge in [-0.2, -0.15) is 8.42 Å². The Hall–Kier alpha value is -3.11. The molecule has 0 radical (unpaired) electrons. The lowest BCUT2D eigenvalue weighted by Gasteiger charge is -2.28. The summed E-state index contributed by atoms with van der Waals surface area (Å²) in [6.07, 6.45) is 1.48. The van der Waals surface area contributed by atoms with E-state index in [1.54, 1.807) is 32.4 Å². The second-order valence-corrected chi connectivity index (χ2v) is 8.22. The number of ether oxygens (including phenoxy) is 2. The molecule has 0 atom stereocenters. The van der Waals surface area contributed by atoms with Gasteiger partial charge in [0, 0.05) is 17.1 Å². The maximum Gasteiger partial charge on any atom is 0.296 e. The SMILES string of the molecule is COc1cc2ncnc(NC(C)(C)c3ccc(NS(N)(=O)=O)cc3)c2cc1OC. The third-order valence-electron chi connectivity index (χ3n) is 4.44. The number of nitrogens with two attached hydrogens (primary N) is 1. The van der Waals surface area contributed by atoms with Crippen LogP contribution >= 0.6 is 0 Å². The van der Waals surface area contributed by atoms with Gasteiger partial charge < -0.3 is 14.8 Å². The Morgan fingerprint density at radius 2 is 1.62 bits per heavy atom. The van der Waals surface area contributed by atoms with Gasteiger partial charge in [-0.3, -0.25) is 4.72 Å². The summed E-state index contributed by atoms with van der Waals surface area (Å²) in [5.74, 6) is 1.80.